The lowest BCUT2D eigenvalue weighted by atomic mass is 9.85. The maximum Gasteiger partial charge on any atom is 0.417 e. The minimum atomic E-state index is -4.81. The summed E-state index contributed by atoms with van der Waals surface area (Å²) in [5.74, 6) is -1.70. The summed E-state index contributed by atoms with van der Waals surface area (Å²) in [6, 6.07) is 17.5. The molecule has 1 aliphatic carbocycles. The van der Waals surface area contributed by atoms with Gasteiger partial charge in [0.15, 0.2) is 11.6 Å². The van der Waals surface area contributed by atoms with Crippen molar-refractivity contribution in [3.63, 3.8) is 0 Å². The van der Waals surface area contributed by atoms with Crippen LogP contribution in [-0.2, 0) is 15.7 Å². The summed E-state index contributed by atoms with van der Waals surface area (Å²) in [7, 11) is 1.44. The lowest BCUT2D eigenvalue weighted by Crippen LogP contribution is -2.44. The van der Waals surface area contributed by atoms with Crippen LogP contribution in [0.2, 0.25) is 0 Å². The van der Waals surface area contributed by atoms with E-state index < -0.39 is 40.4 Å². The fourth-order valence-electron chi connectivity index (χ4n) is 5.81. The topological polar surface area (TPSA) is 92.6 Å². The Bertz CT molecular complexity index is 1540. The molecule has 4 rings (SSSR count). The highest BCUT2D eigenvalue weighted by Gasteiger charge is 2.36. The lowest BCUT2D eigenvalue weighted by molar-refractivity contribution is -0.137. The largest absolute Gasteiger partial charge is 0.488 e. The van der Waals surface area contributed by atoms with Crippen molar-refractivity contribution in [3.05, 3.63) is 88.7 Å². The minimum Gasteiger partial charge on any atom is -0.488 e. The minimum absolute atomic E-state index is 0.0104. The predicted molar refractivity (Wildman–Crippen MR) is 171 cm³/mol. The third kappa shape index (κ3) is 9.69. The van der Waals surface area contributed by atoms with Gasteiger partial charge in [0.05, 0.1) is 23.8 Å². The normalized spacial score (nSPS) is 17.4. The highest BCUT2D eigenvalue weighted by atomic mass is 19.4. The molecule has 1 saturated carbocycles. The Morgan fingerprint density at radius 2 is 1.64 bits per heavy atom. The highest BCUT2D eigenvalue weighted by molar-refractivity contribution is 5.77. The van der Waals surface area contributed by atoms with Crippen LogP contribution in [0.15, 0.2) is 60.7 Å². The quantitative estimate of drug-likeness (QED) is 0.161. The van der Waals surface area contributed by atoms with Gasteiger partial charge in [0.25, 0.3) is 0 Å². The second kappa shape index (κ2) is 15.6. The van der Waals surface area contributed by atoms with Crippen LogP contribution in [0, 0.1) is 17.1 Å². The number of alkyl halides is 3. The molecular weight excluding hydrogens is 614 g/mol. The average molecular weight is 656 g/mol. The molecule has 0 radical (unpaired) electrons. The number of hydrogen-bond acceptors (Lipinski definition) is 6. The van der Waals surface area contributed by atoms with E-state index in [1.165, 1.54) is 31.4 Å². The van der Waals surface area contributed by atoms with Gasteiger partial charge >= 0.3 is 12.3 Å². The Morgan fingerprint density at radius 3 is 2.26 bits per heavy atom. The van der Waals surface area contributed by atoms with Crippen molar-refractivity contribution >= 4 is 6.09 Å². The maximum absolute atomic E-state index is 15.9. The highest BCUT2D eigenvalue weighted by Crippen LogP contribution is 2.43. The Balaban J connectivity index is 1.63. The fraction of sp³-hybridized carbons (Fsp3) is 0.444. The van der Waals surface area contributed by atoms with Crippen LogP contribution >= 0.6 is 0 Å². The van der Waals surface area contributed by atoms with Crippen LogP contribution in [-0.4, -0.2) is 50.6 Å². The van der Waals surface area contributed by atoms with Gasteiger partial charge < -0.3 is 24.8 Å². The third-order valence-corrected chi connectivity index (χ3v) is 8.05. The first-order chi connectivity index (χ1) is 22.3. The van der Waals surface area contributed by atoms with Crippen molar-refractivity contribution in [3.8, 4) is 22.9 Å². The van der Waals surface area contributed by atoms with E-state index in [1.54, 1.807) is 0 Å². The van der Waals surface area contributed by atoms with Gasteiger partial charge in [0, 0.05) is 37.2 Å². The van der Waals surface area contributed by atoms with Crippen molar-refractivity contribution in [2.45, 2.75) is 76.2 Å². The Labute approximate surface area is 273 Å². The molecule has 1 atom stereocenters. The molecule has 0 aromatic heterocycles. The van der Waals surface area contributed by atoms with Crippen molar-refractivity contribution in [2.24, 2.45) is 0 Å². The van der Waals surface area contributed by atoms with Gasteiger partial charge in [0.1, 0.15) is 12.2 Å². The van der Waals surface area contributed by atoms with Crippen LogP contribution in [0.1, 0.15) is 74.6 Å². The zero-order chi connectivity index (χ0) is 34.2. The van der Waals surface area contributed by atoms with E-state index in [1.807, 2.05) is 57.2 Å². The summed E-state index contributed by atoms with van der Waals surface area (Å²) in [6.45, 7) is 5.95. The first-order valence-electron chi connectivity index (χ1n) is 15.6. The smallest absolute Gasteiger partial charge is 0.417 e. The molecule has 2 N–H and O–H groups in total. The summed E-state index contributed by atoms with van der Waals surface area (Å²) in [5, 5.41) is 16.3. The molecule has 3 aromatic rings. The molecule has 3 aromatic carbocycles. The Morgan fingerprint density at radius 1 is 0.957 bits per heavy atom. The van der Waals surface area contributed by atoms with Gasteiger partial charge in [-0.3, -0.25) is 0 Å². The molecular formula is C36H41F4N3O4. The van der Waals surface area contributed by atoms with E-state index >= 15 is 4.39 Å². The van der Waals surface area contributed by atoms with E-state index in [4.69, 9.17) is 14.2 Å². The number of nitrogens with zero attached hydrogens (tertiary/aromatic N) is 1. The van der Waals surface area contributed by atoms with Crippen LogP contribution < -0.4 is 15.4 Å². The van der Waals surface area contributed by atoms with Crippen LogP contribution in [0.4, 0.5) is 22.4 Å². The SMILES string of the molecule is COCCOc1ccc(C#N)c(-c2cc(C(CNC3CCC(NC(=O)OC(C)(C)C)CC3)c3ccccc3)ccc2C(F)(F)F)c1F. The summed E-state index contributed by atoms with van der Waals surface area (Å²) in [5.41, 5.74) is -1.39. The number of hydrogen-bond donors (Lipinski definition) is 2. The number of amides is 1. The summed E-state index contributed by atoms with van der Waals surface area (Å²) in [6.07, 6.45) is -2.20. The van der Waals surface area contributed by atoms with E-state index in [0.717, 1.165) is 37.3 Å². The van der Waals surface area contributed by atoms with Gasteiger partial charge in [-0.15, -0.1) is 0 Å². The molecule has 0 heterocycles. The average Bonchev–Trinajstić information content (AvgIpc) is 3.01. The zero-order valence-electron chi connectivity index (χ0n) is 27.0. The number of nitrogens with one attached hydrogen (secondary N) is 2. The molecule has 47 heavy (non-hydrogen) atoms. The number of alkyl carbamates (subject to hydrolysis) is 1. The number of rotatable bonds is 11. The molecule has 1 amide bonds. The lowest BCUT2D eigenvalue weighted by Gasteiger charge is -2.32. The molecule has 1 fully saturated rings. The van der Waals surface area contributed by atoms with Gasteiger partial charge in [-0.05, 0) is 87.4 Å². The molecule has 7 nitrogen and oxygen atoms in total. The van der Waals surface area contributed by atoms with Crippen LogP contribution in [0.25, 0.3) is 11.1 Å². The van der Waals surface area contributed by atoms with Gasteiger partial charge in [0.2, 0.25) is 0 Å². The molecule has 1 aliphatic rings. The van der Waals surface area contributed by atoms with Crippen molar-refractivity contribution in [2.75, 3.05) is 26.9 Å². The fourth-order valence-corrected chi connectivity index (χ4v) is 5.81. The number of benzene rings is 3. The van der Waals surface area contributed by atoms with Crippen molar-refractivity contribution in [1.82, 2.24) is 10.6 Å². The monoisotopic (exact) mass is 655 g/mol. The third-order valence-electron chi connectivity index (χ3n) is 8.05. The van der Waals surface area contributed by atoms with E-state index in [-0.39, 0.29) is 42.5 Å². The first kappa shape index (κ1) is 35.7. The Kier molecular flexibility index (Phi) is 11.9. The van der Waals surface area contributed by atoms with Crippen molar-refractivity contribution < 1.29 is 36.6 Å². The number of carbonyl (C=O) groups excluding carboxylic acids is 1. The van der Waals surface area contributed by atoms with Crippen LogP contribution in [0.5, 0.6) is 5.75 Å². The number of methoxy groups -OCH3 is 1. The number of ether oxygens (including phenoxy) is 3. The Hall–Kier alpha value is -4.14. The molecule has 252 valence electrons. The van der Waals surface area contributed by atoms with Crippen LogP contribution in [0.3, 0.4) is 0 Å². The van der Waals surface area contributed by atoms with Gasteiger partial charge in [-0.25, -0.2) is 9.18 Å². The molecule has 1 unspecified atom stereocenters. The summed E-state index contributed by atoms with van der Waals surface area (Å²) >= 11 is 0. The van der Waals surface area contributed by atoms with E-state index in [2.05, 4.69) is 10.6 Å². The second-order valence-electron chi connectivity index (χ2n) is 12.6. The van der Waals surface area contributed by atoms with E-state index in [0.29, 0.717) is 12.1 Å². The number of carbonyl (C=O) groups is 1. The molecule has 0 aliphatic heterocycles. The summed E-state index contributed by atoms with van der Waals surface area (Å²) in [4.78, 5) is 12.2. The van der Waals surface area contributed by atoms with E-state index in [9.17, 15) is 23.2 Å². The summed E-state index contributed by atoms with van der Waals surface area (Å²) < 4.78 is 74.8. The maximum atomic E-state index is 15.9. The second-order valence-corrected chi connectivity index (χ2v) is 12.6. The standard InChI is InChI=1S/C36H41F4N3O4/c1-35(2,3)47-34(44)43-27-14-12-26(13-15-27)42-22-29(23-8-6-5-7-9-23)24-10-16-30(36(38,39)40)28(20-24)32-25(21-41)11-17-31(33(32)37)46-19-18-45-4/h5-11,16-17,20,26-27,29,42H,12-15,18-19,22H2,1-4H3,(H,43,44). The molecule has 0 saturated heterocycles. The number of halogens is 4. The van der Waals surface area contributed by atoms with Gasteiger partial charge in [-0.1, -0.05) is 36.4 Å². The molecule has 11 heteroatoms. The molecule has 0 bridgehead atoms. The van der Waals surface area contributed by atoms with Gasteiger partial charge in [-0.2, -0.15) is 18.4 Å². The number of nitriles is 1. The predicted octanol–water partition coefficient (Wildman–Crippen LogP) is 7.97. The molecule has 0 spiro atoms. The zero-order valence-corrected chi connectivity index (χ0v) is 27.0. The first-order valence-corrected chi connectivity index (χ1v) is 15.6. The van der Waals surface area contributed by atoms with Crippen molar-refractivity contribution in [1.29, 1.82) is 5.26 Å².